The zero-order valence-corrected chi connectivity index (χ0v) is 80.0. The minimum absolute atomic E-state index is 0.0595. The monoisotopic (exact) mass is 2030 g/mol. The van der Waals surface area contributed by atoms with Crippen molar-refractivity contribution in [3.63, 3.8) is 0 Å². The summed E-state index contributed by atoms with van der Waals surface area (Å²) in [4.78, 5) is 116. The summed E-state index contributed by atoms with van der Waals surface area (Å²) in [6, 6.07) is 53.1. The molecule has 12 aromatic heterocycles. The normalized spacial score (nSPS) is 12.5. The number of hydrogen-bond donors (Lipinski definition) is 8. The smallest absolute Gasteiger partial charge is 0.282 e. The van der Waals surface area contributed by atoms with Gasteiger partial charge in [0, 0.05) is 91.8 Å². The Morgan fingerprint density at radius 2 is 0.646 bits per heavy atom. The first-order valence-corrected chi connectivity index (χ1v) is 51.0. The Labute approximate surface area is 813 Å². The summed E-state index contributed by atoms with van der Waals surface area (Å²) < 4.78 is 210. The van der Waals surface area contributed by atoms with Gasteiger partial charge < -0.3 is 55.9 Å². The fraction of sp³-hybridized carbons (Fsp3) is 0.146. The highest BCUT2D eigenvalue weighted by molar-refractivity contribution is 7.91. The Morgan fingerprint density at radius 1 is 0.354 bits per heavy atom. The van der Waals surface area contributed by atoms with Crippen molar-refractivity contribution >= 4 is 151 Å². The molecule has 144 heavy (non-hydrogen) atoms. The lowest BCUT2D eigenvalue weighted by Gasteiger charge is -2.15. The van der Waals surface area contributed by atoms with Crippen LogP contribution in [0, 0.1) is 36.0 Å². The summed E-state index contributed by atoms with van der Waals surface area (Å²) in [7, 11) is -15.9. The van der Waals surface area contributed by atoms with Gasteiger partial charge in [0.05, 0.1) is 133 Å². The minimum atomic E-state index is -4.08. The Hall–Kier alpha value is -16.8. The van der Waals surface area contributed by atoms with E-state index in [2.05, 4.69) is 38.8 Å². The molecule has 0 aliphatic heterocycles. The molecule has 1 fully saturated rings. The second-order valence-corrected chi connectivity index (χ2v) is 42.7. The summed E-state index contributed by atoms with van der Waals surface area (Å²) in [5.74, 6) is -7.06. The number of nitrogens with zero attached hydrogens (tertiary/aromatic N) is 4. The van der Waals surface area contributed by atoms with Gasteiger partial charge >= 0.3 is 0 Å². The number of furan rings is 4. The molecule has 20 aromatic rings. The predicted octanol–water partition coefficient (Wildman–Crippen LogP) is 17.0. The quantitative estimate of drug-likeness (QED) is 0.0276. The van der Waals surface area contributed by atoms with Gasteiger partial charge in [0.2, 0.25) is 40.1 Å². The molecule has 12 heterocycles. The molecule has 1 saturated carbocycles. The second-order valence-electron chi connectivity index (χ2n) is 34.5. The van der Waals surface area contributed by atoms with Crippen LogP contribution in [0.3, 0.4) is 0 Å². The van der Waals surface area contributed by atoms with Crippen molar-refractivity contribution in [2.75, 3.05) is 6.26 Å². The van der Waals surface area contributed by atoms with Crippen LogP contribution in [0.15, 0.2) is 293 Å². The number of H-pyrrole nitrogens is 4. The molecule has 32 nitrogen and oxygen atoms in total. The number of pyridine rings is 4. The minimum Gasteiger partial charge on any atom is -0.464 e. The van der Waals surface area contributed by atoms with Crippen LogP contribution >= 0.6 is 0 Å². The molecular formula is C103H83F5N12O20S4. The Kier molecular flexibility index (Phi) is 26.2. The van der Waals surface area contributed by atoms with E-state index >= 15 is 0 Å². The van der Waals surface area contributed by atoms with Gasteiger partial charge in [-0.3, -0.25) is 38.4 Å². The first-order chi connectivity index (χ1) is 68.8. The third-order valence-corrected chi connectivity index (χ3v) is 30.3. The molecule has 0 atom stereocenters. The van der Waals surface area contributed by atoms with E-state index in [0.29, 0.717) is 95.1 Å². The van der Waals surface area contributed by atoms with Crippen molar-refractivity contribution in [3.8, 4) is 44.5 Å². The summed E-state index contributed by atoms with van der Waals surface area (Å²) in [6.07, 6.45) is 13.5. The molecule has 0 spiro atoms. The van der Waals surface area contributed by atoms with E-state index in [1.165, 1.54) is 116 Å². The second kappa shape index (κ2) is 38.7. The SMILES string of the molecule is CC(C)S(=O)(=O)NC(=O)c1c(-c2ccc[nH]c2=O)c2c3occc3ccc2n1Cc1cc(F)ccc1F.CC(C)S(=O)(=O)NC(=O)c1c(-c2ccc[nH]c2=O)c2c3occc3ccc2n1Cc1ccccc1F.Cc1ccccc1Cn1c(C(=O)NS(C)(=O)=O)c(-c2ccc[nH]c2=O)c2c3occc3ccc21.O=C(NS(=O)(=O)C1CC1)c1c(-c2ccc[nH]c2=O)c2c3occc3ccc2n1Cc1cc(F)ccc1F. The third-order valence-electron chi connectivity index (χ3n) is 24.5. The summed E-state index contributed by atoms with van der Waals surface area (Å²) in [6.45, 7) is 7.21. The van der Waals surface area contributed by atoms with Crippen molar-refractivity contribution in [2.45, 2.75) is 89.4 Å². The number of sulfonamides is 4. The first-order valence-electron chi connectivity index (χ1n) is 44.4. The molecule has 41 heteroatoms. The van der Waals surface area contributed by atoms with E-state index in [9.17, 15) is 94.0 Å². The van der Waals surface area contributed by atoms with Gasteiger partial charge in [-0.05, 0) is 222 Å². The Morgan fingerprint density at radius 3 is 0.951 bits per heavy atom. The van der Waals surface area contributed by atoms with Gasteiger partial charge in [-0.2, -0.15) is 0 Å². The van der Waals surface area contributed by atoms with Gasteiger partial charge in [0.25, 0.3) is 45.9 Å². The van der Waals surface area contributed by atoms with Gasteiger partial charge in [-0.1, -0.05) is 42.5 Å². The van der Waals surface area contributed by atoms with E-state index in [1.807, 2.05) is 43.3 Å². The lowest BCUT2D eigenvalue weighted by Crippen LogP contribution is -2.37. The van der Waals surface area contributed by atoms with Crippen molar-refractivity contribution in [1.29, 1.82) is 0 Å². The number of nitrogens with one attached hydrogen (secondary N) is 8. The van der Waals surface area contributed by atoms with Crippen LogP contribution in [0.25, 0.3) is 132 Å². The molecule has 4 amide bonds. The number of benzene rings is 8. The van der Waals surface area contributed by atoms with E-state index in [4.69, 9.17) is 17.7 Å². The molecule has 0 radical (unpaired) electrons. The summed E-state index contributed by atoms with van der Waals surface area (Å²) in [5, 5.41) is 2.07. The largest absolute Gasteiger partial charge is 0.464 e. The number of aryl methyl sites for hydroxylation is 1. The number of amides is 4. The molecule has 0 bridgehead atoms. The van der Waals surface area contributed by atoms with Gasteiger partial charge in [-0.25, -0.2) is 74.5 Å². The van der Waals surface area contributed by atoms with Crippen molar-refractivity contribution in [3.05, 3.63) is 377 Å². The number of aromatic amines is 4. The number of carbonyl (C=O) groups is 4. The molecule has 1 aliphatic carbocycles. The fourth-order valence-corrected chi connectivity index (χ4v) is 20.3. The number of rotatable bonds is 23. The van der Waals surface area contributed by atoms with Crippen molar-refractivity contribution < 1.29 is 92.5 Å². The van der Waals surface area contributed by atoms with Crippen molar-refractivity contribution in [1.82, 2.24) is 57.1 Å². The summed E-state index contributed by atoms with van der Waals surface area (Å²) >= 11 is 0. The maximum Gasteiger partial charge on any atom is 0.282 e. The molecule has 734 valence electrons. The highest BCUT2D eigenvalue weighted by atomic mass is 32.2. The van der Waals surface area contributed by atoms with Crippen LogP contribution in [0.1, 0.15) is 110 Å². The zero-order valence-electron chi connectivity index (χ0n) is 76.7. The van der Waals surface area contributed by atoms with Gasteiger partial charge in [0.15, 0.2) is 0 Å². The van der Waals surface area contributed by atoms with E-state index in [0.717, 1.165) is 64.6 Å². The molecule has 21 rings (SSSR count). The molecule has 0 saturated heterocycles. The molecule has 1 aliphatic rings. The standard InChI is InChI=1S/C26H19F2N3O5S.C26H21F2N3O5S.C26H22FN3O5S.C25H21N3O5S/c27-16-4-7-19(28)15(12-16)13-31-20-8-3-14-9-11-36-24(14)22(20)21(18-2-1-10-29-25(18)32)23(31)26(33)30-37(34,35)17-5-6-17;1-14(2)37(34,35)30-26(33)23-21(18-4-3-10-29-25(18)32)22-20(8-5-15-9-11-36-24(15)22)31(23)13-16-12-17(27)6-7-19(16)28;1-15(2)36(33,34)29-26(32)23-21(18-7-5-12-28-25(18)31)22-20(10-9-16-11-13-35-24(16)22)30(23)14-17-6-3-4-8-19(17)27;1-15-6-3-4-7-17(15)14-28-19-10-9-16-11-13-33-23(16)21(19)20(18-8-5-12-26-24(18)29)22(28)25(30)27-34(2,31)32/h1-4,7-12,17H,5-6,13H2,(H,29,32)(H,30,33);3-12,14H,13H2,1-2H3,(H,29,32)(H,30,33);3-13,15H,14H2,1-2H3,(H,28,31)(H,29,32);3-13H,14H2,1-2H3,(H,26,29)(H,27,30). The molecule has 8 N–H and O–H groups in total. The van der Waals surface area contributed by atoms with E-state index in [1.54, 1.807) is 114 Å². The van der Waals surface area contributed by atoms with Crippen LogP contribution in [-0.2, 0) is 66.3 Å². The molecule has 8 aromatic carbocycles. The average Bonchev–Trinajstić information content (AvgIpc) is 1.58. The van der Waals surface area contributed by atoms with Crippen LogP contribution in [0.5, 0.6) is 0 Å². The molecule has 0 unspecified atom stereocenters. The summed E-state index contributed by atoms with van der Waals surface area (Å²) in [5.41, 5.74) is 4.43. The van der Waals surface area contributed by atoms with E-state index < -0.39 is 131 Å². The Bertz CT molecular complexity index is 9150. The number of hydrogen-bond acceptors (Lipinski definition) is 20. The predicted molar refractivity (Wildman–Crippen MR) is 533 cm³/mol. The maximum absolute atomic E-state index is 14.7. The number of halogens is 5. The number of fused-ring (bicyclic) bond motifs is 12. The van der Waals surface area contributed by atoms with E-state index in [-0.39, 0.29) is 105 Å². The van der Waals surface area contributed by atoms with Crippen LogP contribution < -0.4 is 41.1 Å². The number of aromatic nitrogens is 8. The fourth-order valence-electron chi connectivity index (χ4n) is 17.4. The lowest BCUT2D eigenvalue weighted by atomic mass is 10.0. The van der Waals surface area contributed by atoms with Gasteiger partial charge in [0.1, 0.15) is 74.2 Å². The zero-order chi connectivity index (χ0) is 102. The lowest BCUT2D eigenvalue weighted by molar-refractivity contribution is 0.0964. The Balaban J connectivity index is 0.000000126. The highest BCUT2D eigenvalue weighted by Gasteiger charge is 2.41. The van der Waals surface area contributed by atoms with Crippen molar-refractivity contribution in [2.24, 2.45) is 0 Å². The molecular weight excluding hydrogens is 1950 g/mol. The van der Waals surface area contributed by atoms with Gasteiger partial charge in [-0.15, -0.1) is 0 Å². The van der Waals surface area contributed by atoms with Crippen LogP contribution in [0.2, 0.25) is 0 Å². The third kappa shape index (κ3) is 18.8. The maximum atomic E-state index is 14.7. The van der Waals surface area contributed by atoms with Crippen LogP contribution in [0.4, 0.5) is 22.0 Å². The van der Waals surface area contributed by atoms with Crippen LogP contribution in [-0.4, -0.2) is 118 Å². The first kappa shape index (κ1) is 97.4. The highest BCUT2D eigenvalue weighted by Crippen LogP contribution is 2.46. The number of carbonyl (C=O) groups excluding carboxylic acids is 4. The average molecular weight is 2030 g/mol. The topological polar surface area (TPSA) is 457 Å².